The standard InChI is InChI=1S/C25H23BrN6O3S/c1-3-35-21-9-7-20(8-10-21)32-24(17-5-4-12-27-14-17)30-31-25(32)36-16-23(33)29-28-15-18-13-19(26)6-11-22(18)34-2/h4-15H,3,16H2,1-2H3,(H,29,33). The van der Waals surface area contributed by atoms with E-state index in [1.165, 1.54) is 18.0 Å². The minimum atomic E-state index is -0.283. The minimum Gasteiger partial charge on any atom is -0.496 e. The smallest absolute Gasteiger partial charge is 0.250 e. The van der Waals surface area contributed by atoms with Crippen molar-refractivity contribution in [3.8, 4) is 28.6 Å². The molecule has 184 valence electrons. The van der Waals surface area contributed by atoms with Crippen LogP contribution in [0, 0.1) is 0 Å². The van der Waals surface area contributed by atoms with Crippen LogP contribution in [0.25, 0.3) is 17.1 Å². The molecule has 9 nitrogen and oxygen atoms in total. The number of hydrogen-bond donors (Lipinski definition) is 1. The Hall–Kier alpha value is -3.70. The van der Waals surface area contributed by atoms with Crippen molar-refractivity contribution in [2.24, 2.45) is 5.10 Å². The van der Waals surface area contributed by atoms with E-state index in [1.807, 2.05) is 66.1 Å². The third-order valence-corrected chi connectivity index (χ3v) is 6.30. The van der Waals surface area contributed by atoms with E-state index < -0.39 is 0 Å². The van der Waals surface area contributed by atoms with E-state index in [1.54, 1.807) is 19.5 Å². The van der Waals surface area contributed by atoms with Gasteiger partial charge in [0.2, 0.25) is 0 Å². The van der Waals surface area contributed by atoms with Crippen molar-refractivity contribution in [1.82, 2.24) is 25.2 Å². The molecule has 1 N–H and O–H groups in total. The molecular weight excluding hydrogens is 544 g/mol. The summed E-state index contributed by atoms with van der Waals surface area (Å²) in [5, 5.41) is 13.3. The first-order chi connectivity index (χ1) is 17.6. The van der Waals surface area contributed by atoms with Gasteiger partial charge in [0.15, 0.2) is 11.0 Å². The zero-order valence-electron chi connectivity index (χ0n) is 19.6. The molecular formula is C25H23BrN6O3S. The van der Waals surface area contributed by atoms with Crippen LogP contribution in [0.4, 0.5) is 0 Å². The van der Waals surface area contributed by atoms with Gasteiger partial charge in [-0.1, -0.05) is 27.7 Å². The Morgan fingerprint density at radius 1 is 1.19 bits per heavy atom. The number of ether oxygens (including phenoxy) is 2. The molecule has 0 spiro atoms. The van der Waals surface area contributed by atoms with E-state index in [0.717, 1.165) is 27.0 Å². The molecule has 2 aromatic heterocycles. The van der Waals surface area contributed by atoms with Crippen LogP contribution in [0.15, 0.2) is 81.7 Å². The molecule has 4 aromatic rings. The number of nitrogens with one attached hydrogen (secondary N) is 1. The molecule has 0 atom stereocenters. The van der Waals surface area contributed by atoms with Gasteiger partial charge in [-0.05, 0) is 61.5 Å². The van der Waals surface area contributed by atoms with Crippen molar-refractivity contribution >= 4 is 39.8 Å². The topological polar surface area (TPSA) is 104 Å². The Bertz CT molecular complexity index is 1350. The summed E-state index contributed by atoms with van der Waals surface area (Å²) in [4.78, 5) is 16.7. The molecule has 0 bridgehead atoms. The van der Waals surface area contributed by atoms with Gasteiger partial charge in [0.05, 0.1) is 25.7 Å². The summed E-state index contributed by atoms with van der Waals surface area (Å²) in [6, 6.07) is 16.9. The zero-order chi connectivity index (χ0) is 25.3. The lowest BCUT2D eigenvalue weighted by molar-refractivity contribution is -0.118. The van der Waals surface area contributed by atoms with E-state index in [4.69, 9.17) is 9.47 Å². The number of aromatic nitrogens is 4. The number of thioether (sulfide) groups is 1. The van der Waals surface area contributed by atoms with Crippen molar-refractivity contribution in [3.05, 3.63) is 77.0 Å². The van der Waals surface area contributed by atoms with Crippen molar-refractivity contribution in [1.29, 1.82) is 0 Å². The maximum Gasteiger partial charge on any atom is 0.250 e. The highest BCUT2D eigenvalue weighted by molar-refractivity contribution is 9.10. The highest BCUT2D eigenvalue weighted by Gasteiger charge is 2.17. The highest BCUT2D eigenvalue weighted by Crippen LogP contribution is 2.28. The lowest BCUT2D eigenvalue weighted by Gasteiger charge is -2.11. The molecule has 0 radical (unpaired) electrons. The number of benzene rings is 2. The Morgan fingerprint density at radius 2 is 2.03 bits per heavy atom. The van der Waals surface area contributed by atoms with E-state index in [9.17, 15) is 4.79 Å². The second-order valence-corrected chi connectivity index (χ2v) is 9.14. The molecule has 0 unspecified atom stereocenters. The van der Waals surface area contributed by atoms with Crippen molar-refractivity contribution < 1.29 is 14.3 Å². The summed E-state index contributed by atoms with van der Waals surface area (Å²) in [7, 11) is 1.58. The van der Waals surface area contributed by atoms with Crippen LogP contribution in [0.2, 0.25) is 0 Å². The van der Waals surface area contributed by atoms with E-state index in [2.05, 4.69) is 41.6 Å². The molecule has 11 heteroatoms. The molecule has 0 aliphatic heterocycles. The lowest BCUT2D eigenvalue weighted by Crippen LogP contribution is -2.20. The molecule has 0 aliphatic rings. The molecule has 1 amide bonds. The number of nitrogens with zero attached hydrogens (tertiary/aromatic N) is 5. The van der Waals surface area contributed by atoms with Crippen LogP contribution in [-0.4, -0.2) is 51.3 Å². The average Bonchev–Trinajstić information content (AvgIpc) is 3.33. The normalized spacial score (nSPS) is 11.0. The molecule has 2 aromatic carbocycles. The predicted octanol–water partition coefficient (Wildman–Crippen LogP) is 4.74. The molecule has 0 saturated carbocycles. The SMILES string of the molecule is CCOc1ccc(-n2c(SCC(=O)NN=Cc3cc(Br)ccc3OC)nnc2-c2cccnc2)cc1. The van der Waals surface area contributed by atoms with Gasteiger partial charge < -0.3 is 9.47 Å². The molecule has 2 heterocycles. The number of carbonyl (C=O) groups excluding carboxylic acids is 1. The van der Waals surface area contributed by atoms with Gasteiger partial charge in [0.25, 0.3) is 5.91 Å². The summed E-state index contributed by atoms with van der Waals surface area (Å²) in [6.45, 7) is 2.52. The quantitative estimate of drug-likeness (QED) is 0.168. The van der Waals surface area contributed by atoms with Gasteiger partial charge >= 0.3 is 0 Å². The largest absolute Gasteiger partial charge is 0.496 e. The van der Waals surface area contributed by atoms with Crippen molar-refractivity contribution in [3.63, 3.8) is 0 Å². The van der Waals surface area contributed by atoms with Crippen LogP contribution in [0.1, 0.15) is 12.5 Å². The van der Waals surface area contributed by atoms with Gasteiger partial charge in [0.1, 0.15) is 11.5 Å². The zero-order valence-corrected chi connectivity index (χ0v) is 22.0. The fourth-order valence-electron chi connectivity index (χ4n) is 3.28. The van der Waals surface area contributed by atoms with Crippen LogP contribution in [0.5, 0.6) is 11.5 Å². The Balaban J connectivity index is 1.50. The van der Waals surface area contributed by atoms with Crippen LogP contribution >= 0.6 is 27.7 Å². The first-order valence-electron chi connectivity index (χ1n) is 11.0. The van der Waals surface area contributed by atoms with Crippen LogP contribution < -0.4 is 14.9 Å². The Kier molecular flexibility index (Phi) is 8.69. The maximum absolute atomic E-state index is 12.5. The number of amides is 1. The number of hydrazone groups is 1. The maximum atomic E-state index is 12.5. The number of methoxy groups -OCH3 is 1. The average molecular weight is 567 g/mol. The monoisotopic (exact) mass is 566 g/mol. The molecule has 0 aliphatic carbocycles. The summed E-state index contributed by atoms with van der Waals surface area (Å²) in [5.41, 5.74) is 4.92. The fraction of sp³-hybridized carbons (Fsp3) is 0.160. The first kappa shape index (κ1) is 25.4. The van der Waals surface area contributed by atoms with Crippen LogP contribution in [-0.2, 0) is 4.79 Å². The van der Waals surface area contributed by atoms with Crippen molar-refractivity contribution in [2.75, 3.05) is 19.5 Å². The summed E-state index contributed by atoms with van der Waals surface area (Å²) >= 11 is 4.68. The van der Waals surface area contributed by atoms with Gasteiger partial charge in [-0.2, -0.15) is 5.10 Å². The van der Waals surface area contributed by atoms with Gasteiger partial charge in [0, 0.05) is 33.7 Å². The summed E-state index contributed by atoms with van der Waals surface area (Å²) in [5.74, 6) is 1.85. The third kappa shape index (κ3) is 6.29. The number of carbonyl (C=O) groups is 1. The number of halogens is 1. The van der Waals surface area contributed by atoms with Gasteiger partial charge in [-0.25, -0.2) is 5.43 Å². The molecule has 0 fully saturated rings. The summed E-state index contributed by atoms with van der Waals surface area (Å²) < 4.78 is 13.6. The van der Waals surface area contributed by atoms with E-state index >= 15 is 0 Å². The Morgan fingerprint density at radius 3 is 2.75 bits per heavy atom. The highest BCUT2D eigenvalue weighted by atomic mass is 79.9. The lowest BCUT2D eigenvalue weighted by atomic mass is 10.2. The number of pyridine rings is 1. The number of hydrogen-bond acceptors (Lipinski definition) is 8. The van der Waals surface area contributed by atoms with E-state index in [-0.39, 0.29) is 11.7 Å². The Labute approximate surface area is 221 Å². The van der Waals surface area contributed by atoms with Crippen molar-refractivity contribution in [2.45, 2.75) is 12.1 Å². The second kappa shape index (κ2) is 12.3. The van der Waals surface area contributed by atoms with Gasteiger partial charge in [-0.15, -0.1) is 10.2 Å². The predicted molar refractivity (Wildman–Crippen MR) is 143 cm³/mol. The third-order valence-electron chi connectivity index (χ3n) is 4.88. The number of rotatable bonds is 10. The minimum absolute atomic E-state index is 0.0924. The molecule has 4 rings (SSSR count). The molecule has 36 heavy (non-hydrogen) atoms. The first-order valence-corrected chi connectivity index (χ1v) is 12.7. The fourth-order valence-corrected chi connectivity index (χ4v) is 4.40. The van der Waals surface area contributed by atoms with Crippen LogP contribution in [0.3, 0.4) is 0 Å². The second-order valence-electron chi connectivity index (χ2n) is 7.28. The van der Waals surface area contributed by atoms with E-state index in [0.29, 0.717) is 23.3 Å². The summed E-state index contributed by atoms with van der Waals surface area (Å²) in [6.07, 6.45) is 4.96. The van der Waals surface area contributed by atoms with Gasteiger partial charge in [-0.3, -0.25) is 14.3 Å². The molecule has 0 saturated heterocycles.